The first kappa shape index (κ1) is 34.7. The molecule has 2 heterocycles. The van der Waals surface area contributed by atoms with Crippen LogP contribution >= 0.6 is 23.4 Å². The van der Waals surface area contributed by atoms with Crippen LogP contribution in [0.3, 0.4) is 0 Å². The van der Waals surface area contributed by atoms with E-state index < -0.39 is 0 Å². The Bertz CT molecular complexity index is 1880. The van der Waals surface area contributed by atoms with Crippen LogP contribution in [0.4, 0.5) is 5.69 Å². The number of nitrogens with zero attached hydrogens (tertiary/aromatic N) is 2. The smallest absolute Gasteiger partial charge is 0.220 e. The van der Waals surface area contributed by atoms with Gasteiger partial charge in [0.05, 0.1) is 25.8 Å². The third kappa shape index (κ3) is 7.48. The molecule has 3 aromatic carbocycles. The third-order valence-corrected chi connectivity index (χ3v) is 11.9. The summed E-state index contributed by atoms with van der Waals surface area (Å²) in [5, 5.41) is 4.85. The molecule has 4 aromatic rings. The Hall–Kier alpha value is -3.72. The number of aromatic nitrogens is 1. The zero-order valence-electron chi connectivity index (χ0n) is 29.1. The van der Waals surface area contributed by atoms with Crippen LogP contribution in [0.1, 0.15) is 72.0 Å². The predicted molar refractivity (Wildman–Crippen MR) is 206 cm³/mol. The van der Waals surface area contributed by atoms with E-state index in [-0.39, 0.29) is 11.9 Å². The highest BCUT2D eigenvalue weighted by atomic mass is 35.5. The highest BCUT2D eigenvalue weighted by Gasteiger charge is 2.34. The van der Waals surface area contributed by atoms with Gasteiger partial charge < -0.3 is 20.5 Å². The van der Waals surface area contributed by atoms with E-state index in [9.17, 15) is 4.79 Å². The SMILES string of the molecule is COc1cc2c(cc1OC)C(c1ccccc1)N(CCCSCCC(=O)NCCC1=C[C@H]3Cc4nc5cc(Cl)ccc5c(N)c4[C@H](C1)C3)CC2. The maximum absolute atomic E-state index is 12.7. The fourth-order valence-corrected chi connectivity index (χ4v) is 9.36. The molecule has 3 N–H and O–H groups in total. The number of rotatable bonds is 13. The van der Waals surface area contributed by atoms with E-state index in [1.54, 1.807) is 14.2 Å². The summed E-state index contributed by atoms with van der Waals surface area (Å²) in [4.78, 5) is 20.3. The van der Waals surface area contributed by atoms with Crippen molar-refractivity contribution in [1.82, 2.24) is 15.2 Å². The van der Waals surface area contributed by atoms with Crippen LogP contribution in [0.2, 0.25) is 5.02 Å². The van der Waals surface area contributed by atoms with Gasteiger partial charge in [0.1, 0.15) is 0 Å². The number of benzene rings is 3. The van der Waals surface area contributed by atoms with Gasteiger partial charge in [-0.1, -0.05) is 53.6 Å². The molecule has 3 aliphatic rings. The number of carbonyl (C=O) groups excluding carboxylic acids is 1. The summed E-state index contributed by atoms with van der Waals surface area (Å²) in [5.74, 6) is 4.42. The van der Waals surface area contributed by atoms with Crippen molar-refractivity contribution >= 4 is 45.9 Å². The number of ether oxygens (including phenoxy) is 2. The van der Waals surface area contributed by atoms with Gasteiger partial charge in [-0.3, -0.25) is 14.7 Å². The number of hydrogen-bond acceptors (Lipinski definition) is 7. The van der Waals surface area contributed by atoms with E-state index >= 15 is 0 Å². The van der Waals surface area contributed by atoms with Crippen molar-refractivity contribution in [3.05, 3.63) is 105 Å². The Kier molecular flexibility index (Phi) is 10.9. The van der Waals surface area contributed by atoms with Crippen LogP contribution in [0.25, 0.3) is 10.9 Å². The van der Waals surface area contributed by atoms with Crippen LogP contribution < -0.4 is 20.5 Å². The molecule has 1 aliphatic heterocycles. The second-order valence-corrected chi connectivity index (χ2v) is 15.5. The maximum Gasteiger partial charge on any atom is 0.220 e. The van der Waals surface area contributed by atoms with E-state index in [2.05, 4.69) is 58.8 Å². The number of halogens is 1. The molecular formula is C41H47ClN4O3S. The molecule has 262 valence electrons. The zero-order valence-corrected chi connectivity index (χ0v) is 30.6. The number of thioether (sulfide) groups is 1. The van der Waals surface area contributed by atoms with Gasteiger partial charge in [-0.15, -0.1) is 0 Å². The lowest BCUT2D eigenvalue weighted by Gasteiger charge is -2.38. The topological polar surface area (TPSA) is 89.7 Å². The second-order valence-electron chi connectivity index (χ2n) is 13.8. The summed E-state index contributed by atoms with van der Waals surface area (Å²) in [6.07, 6.45) is 8.93. The van der Waals surface area contributed by atoms with E-state index in [0.29, 0.717) is 29.8 Å². The van der Waals surface area contributed by atoms with E-state index in [0.717, 1.165) is 96.9 Å². The van der Waals surface area contributed by atoms with Crippen LogP contribution in [0.15, 0.2) is 72.3 Å². The Morgan fingerprint density at radius 3 is 2.70 bits per heavy atom. The molecule has 2 aliphatic carbocycles. The third-order valence-electron chi connectivity index (χ3n) is 10.6. The average molecular weight is 711 g/mol. The summed E-state index contributed by atoms with van der Waals surface area (Å²) in [6.45, 7) is 2.68. The Morgan fingerprint density at radius 2 is 1.88 bits per heavy atom. The number of pyridine rings is 1. The number of methoxy groups -OCH3 is 2. The van der Waals surface area contributed by atoms with E-state index in [1.807, 2.05) is 30.0 Å². The van der Waals surface area contributed by atoms with E-state index in [1.165, 1.54) is 27.8 Å². The van der Waals surface area contributed by atoms with Crippen molar-refractivity contribution in [3.8, 4) is 11.5 Å². The molecule has 0 spiro atoms. The van der Waals surface area contributed by atoms with Gasteiger partial charge >= 0.3 is 0 Å². The molecule has 7 rings (SSSR count). The standard InChI is InChI=1S/C41H47ClN4O3S/c1-48-36-23-29-12-16-46(41(28-7-4-3-5-8-28)33(29)25-37(36)49-2)15-6-17-50-18-13-38(47)44-14-11-26-19-27-21-30(20-26)39-35(22-27)45-34-24-31(42)9-10-32(34)40(39)43/h3-5,7-10,19,23-25,27,30,41H,6,11-18,20-22H2,1-2H3,(H2,43,45)(H,44,47)/t27-,30-,41?/m1/s1. The molecule has 1 aromatic heterocycles. The number of nitrogen functional groups attached to an aromatic ring is 1. The lowest BCUT2D eigenvalue weighted by molar-refractivity contribution is -0.120. The summed E-state index contributed by atoms with van der Waals surface area (Å²) in [7, 11) is 3.40. The minimum atomic E-state index is 0.138. The molecule has 3 atom stereocenters. The number of fused-ring (bicyclic) bond motifs is 6. The average Bonchev–Trinajstić information content (AvgIpc) is 3.12. The molecule has 9 heteroatoms. The first-order chi connectivity index (χ1) is 24.4. The molecule has 0 fully saturated rings. The Labute approximate surface area is 305 Å². The lowest BCUT2D eigenvalue weighted by atomic mass is 9.70. The van der Waals surface area contributed by atoms with Crippen LogP contribution in [0, 0.1) is 5.92 Å². The van der Waals surface area contributed by atoms with Gasteiger partial charge in [0, 0.05) is 52.6 Å². The molecule has 7 nitrogen and oxygen atoms in total. The summed E-state index contributed by atoms with van der Waals surface area (Å²) < 4.78 is 11.3. The fraction of sp³-hybridized carbons (Fsp3) is 0.415. The zero-order chi connectivity index (χ0) is 34.6. The largest absolute Gasteiger partial charge is 0.493 e. The van der Waals surface area contributed by atoms with Gasteiger partial charge in [-0.05, 0) is 110 Å². The normalized spacial score (nSPS) is 19.7. The van der Waals surface area contributed by atoms with Gasteiger partial charge in [-0.25, -0.2) is 0 Å². The van der Waals surface area contributed by atoms with Crippen LogP contribution in [-0.4, -0.2) is 61.2 Å². The van der Waals surface area contributed by atoms with Crippen molar-refractivity contribution in [2.24, 2.45) is 5.92 Å². The van der Waals surface area contributed by atoms with Gasteiger partial charge in [0.15, 0.2) is 11.5 Å². The first-order valence-electron chi connectivity index (χ1n) is 17.9. The molecular weight excluding hydrogens is 664 g/mol. The molecule has 0 saturated heterocycles. The minimum absolute atomic E-state index is 0.138. The van der Waals surface area contributed by atoms with Gasteiger partial charge in [-0.2, -0.15) is 11.8 Å². The van der Waals surface area contributed by atoms with Crippen molar-refractivity contribution in [3.63, 3.8) is 0 Å². The fourth-order valence-electron chi connectivity index (χ4n) is 8.32. The van der Waals surface area contributed by atoms with Crippen molar-refractivity contribution in [2.45, 2.75) is 56.9 Å². The molecule has 0 radical (unpaired) electrons. The summed E-state index contributed by atoms with van der Waals surface area (Å²) in [6, 6.07) is 21.0. The number of carbonyl (C=O) groups is 1. The highest BCUT2D eigenvalue weighted by Crippen LogP contribution is 2.47. The van der Waals surface area contributed by atoms with Crippen LogP contribution in [-0.2, 0) is 17.6 Å². The molecule has 1 unspecified atom stereocenters. The van der Waals surface area contributed by atoms with Gasteiger partial charge in [0.25, 0.3) is 0 Å². The monoisotopic (exact) mass is 710 g/mol. The lowest BCUT2D eigenvalue weighted by Crippen LogP contribution is -2.37. The quantitative estimate of drug-likeness (QED) is 0.107. The highest BCUT2D eigenvalue weighted by molar-refractivity contribution is 7.99. The second kappa shape index (κ2) is 15.7. The number of anilines is 1. The van der Waals surface area contributed by atoms with Crippen molar-refractivity contribution in [2.75, 3.05) is 51.1 Å². The maximum atomic E-state index is 12.7. The van der Waals surface area contributed by atoms with Crippen molar-refractivity contribution in [1.29, 1.82) is 0 Å². The number of amides is 1. The summed E-state index contributed by atoms with van der Waals surface area (Å²) >= 11 is 8.11. The van der Waals surface area contributed by atoms with Gasteiger partial charge in [0.2, 0.25) is 5.91 Å². The van der Waals surface area contributed by atoms with Crippen molar-refractivity contribution < 1.29 is 14.3 Å². The number of hydrogen-bond donors (Lipinski definition) is 2. The Balaban J connectivity index is 0.854. The molecule has 50 heavy (non-hydrogen) atoms. The number of nitrogens with two attached hydrogens (primary N) is 1. The van der Waals surface area contributed by atoms with Crippen LogP contribution in [0.5, 0.6) is 11.5 Å². The minimum Gasteiger partial charge on any atom is -0.493 e. The number of nitrogens with one attached hydrogen (secondary N) is 1. The number of allylic oxidation sites excluding steroid dienone is 1. The molecule has 0 saturated carbocycles. The summed E-state index contributed by atoms with van der Waals surface area (Å²) in [5.41, 5.74) is 16.1. The molecule has 1 amide bonds. The molecule has 2 bridgehead atoms. The predicted octanol–water partition coefficient (Wildman–Crippen LogP) is 8.13. The Morgan fingerprint density at radius 1 is 1.06 bits per heavy atom. The first-order valence-corrected chi connectivity index (χ1v) is 19.4. The van der Waals surface area contributed by atoms with E-state index in [4.69, 9.17) is 31.8 Å².